The fourth-order valence-corrected chi connectivity index (χ4v) is 3.29. The van der Waals surface area contributed by atoms with Gasteiger partial charge in [0.25, 0.3) is 5.91 Å². The second kappa shape index (κ2) is 10.5. The number of nitrogens with one attached hydrogen (secondary N) is 1. The zero-order valence-corrected chi connectivity index (χ0v) is 18.5. The second-order valence-electron chi connectivity index (χ2n) is 6.55. The molecule has 3 rings (SSSR count). The average molecular weight is 455 g/mol. The molecule has 1 aromatic heterocycles. The van der Waals surface area contributed by atoms with E-state index in [4.69, 9.17) is 14.0 Å². The predicted octanol–water partition coefficient (Wildman–Crippen LogP) is 4.81. The number of hydrogen-bond acceptors (Lipinski definition) is 8. The number of ether oxygens (including phenoxy) is 2. The van der Waals surface area contributed by atoms with E-state index in [1.54, 1.807) is 42.1 Å². The van der Waals surface area contributed by atoms with Gasteiger partial charge in [0, 0.05) is 10.6 Å². The summed E-state index contributed by atoms with van der Waals surface area (Å²) in [5.41, 5.74) is 1.40. The van der Waals surface area contributed by atoms with E-state index >= 15 is 0 Å². The zero-order valence-electron chi connectivity index (χ0n) is 17.7. The molecule has 0 spiro atoms. The van der Waals surface area contributed by atoms with Gasteiger partial charge in [-0.3, -0.25) is 14.9 Å². The fourth-order valence-electron chi connectivity index (χ4n) is 2.83. The van der Waals surface area contributed by atoms with Gasteiger partial charge in [-0.2, -0.15) is 0 Å². The Hall–Kier alpha value is -3.79. The molecule has 32 heavy (non-hydrogen) atoms. The van der Waals surface area contributed by atoms with Crippen molar-refractivity contribution in [3.8, 4) is 11.5 Å². The minimum Gasteiger partial charge on any atom is -0.493 e. The third-order valence-corrected chi connectivity index (χ3v) is 5.09. The molecule has 166 valence electrons. The molecule has 1 amide bonds. The molecule has 0 fully saturated rings. The molecule has 0 aliphatic heterocycles. The molecule has 0 atom stereocenters. The number of carbonyl (C=O) groups is 1. The Kier molecular flexibility index (Phi) is 7.50. The van der Waals surface area contributed by atoms with Gasteiger partial charge in [-0.25, -0.2) is 0 Å². The van der Waals surface area contributed by atoms with Crippen LogP contribution in [0.2, 0.25) is 0 Å². The lowest BCUT2D eigenvalue weighted by Crippen LogP contribution is -2.20. The van der Waals surface area contributed by atoms with Crippen LogP contribution in [-0.4, -0.2) is 36.0 Å². The van der Waals surface area contributed by atoms with E-state index in [0.717, 1.165) is 4.90 Å². The van der Waals surface area contributed by atoms with E-state index < -0.39 is 4.92 Å². The molecule has 1 N–H and O–H groups in total. The van der Waals surface area contributed by atoms with Crippen molar-refractivity contribution in [1.82, 2.24) is 5.16 Å². The lowest BCUT2D eigenvalue weighted by molar-refractivity contribution is -0.386. The van der Waals surface area contributed by atoms with E-state index in [1.807, 2.05) is 24.5 Å². The van der Waals surface area contributed by atoms with E-state index in [-0.39, 0.29) is 29.7 Å². The lowest BCUT2D eigenvalue weighted by Gasteiger charge is -2.12. The van der Waals surface area contributed by atoms with Gasteiger partial charge in [-0.05, 0) is 55.2 Å². The molecule has 10 heteroatoms. The van der Waals surface area contributed by atoms with Crippen molar-refractivity contribution in [3.05, 3.63) is 69.6 Å². The second-order valence-corrected chi connectivity index (χ2v) is 7.43. The highest BCUT2D eigenvalue weighted by Gasteiger charge is 2.22. The van der Waals surface area contributed by atoms with Crippen molar-refractivity contribution >= 4 is 41.2 Å². The van der Waals surface area contributed by atoms with Gasteiger partial charge in [0.05, 0.1) is 12.0 Å². The first-order valence-corrected chi connectivity index (χ1v) is 10.7. The van der Waals surface area contributed by atoms with E-state index in [1.165, 1.54) is 20.1 Å². The van der Waals surface area contributed by atoms with Crippen molar-refractivity contribution in [3.63, 3.8) is 0 Å². The summed E-state index contributed by atoms with van der Waals surface area (Å²) in [4.78, 5) is 23.9. The van der Waals surface area contributed by atoms with Crippen LogP contribution in [0.25, 0.3) is 12.2 Å². The minimum absolute atomic E-state index is 0.0500. The highest BCUT2D eigenvalue weighted by atomic mass is 32.2. The first-order chi connectivity index (χ1) is 15.4. The third kappa shape index (κ3) is 5.67. The number of methoxy groups -OCH3 is 1. The number of nitrogens with zero attached hydrogens (tertiary/aromatic N) is 2. The molecule has 0 aliphatic carbocycles. The molecule has 3 aromatic rings. The Morgan fingerprint density at radius 1 is 1.25 bits per heavy atom. The lowest BCUT2D eigenvalue weighted by atomic mass is 10.1. The quantitative estimate of drug-likeness (QED) is 0.278. The summed E-state index contributed by atoms with van der Waals surface area (Å²) in [6.45, 7) is 1.31. The topological polar surface area (TPSA) is 117 Å². The molecule has 2 aromatic carbocycles. The fraction of sp³-hybridized carbons (Fsp3) is 0.182. The number of amides is 1. The zero-order chi connectivity index (χ0) is 23.1. The Morgan fingerprint density at radius 2 is 2.06 bits per heavy atom. The van der Waals surface area contributed by atoms with Gasteiger partial charge >= 0.3 is 5.69 Å². The molecule has 0 unspecified atom stereocenters. The van der Waals surface area contributed by atoms with Crippen LogP contribution in [0.5, 0.6) is 11.5 Å². The van der Waals surface area contributed by atoms with Crippen LogP contribution in [0.3, 0.4) is 0 Å². The number of aromatic nitrogens is 1. The van der Waals surface area contributed by atoms with E-state index in [2.05, 4.69) is 10.5 Å². The van der Waals surface area contributed by atoms with Crippen LogP contribution in [0.4, 0.5) is 11.4 Å². The average Bonchev–Trinajstić information content (AvgIpc) is 3.17. The molecular formula is C22H21N3O6S. The van der Waals surface area contributed by atoms with E-state index in [0.29, 0.717) is 22.7 Å². The van der Waals surface area contributed by atoms with Crippen LogP contribution < -0.4 is 14.8 Å². The summed E-state index contributed by atoms with van der Waals surface area (Å²) in [6, 6.07) is 12.6. The van der Waals surface area contributed by atoms with Crippen molar-refractivity contribution < 1.29 is 23.7 Å². The largest absolute Gasteiger partial charge is 0.493 e. The summed E-state index contributed by atoms with van der Waals surface area (Å²) >= 11 is 1.59. The van der Waals surface area contributed by atoms with Gasteiger partial charge in [-0.1, -0.05) is 23.4 Å². The Labute approximate surface area is 188 Å². The molecule has 9 nitrogen and oxygen atoms in total. The SMILES string of the molecule is COc1cc(/C=C/c2onc(C)c2[N+](=O)[O-])ccc1OCC(=O)Nc1cccc(SC)c1. The maximum Gasteiger partial charge on any atom is 0.338 e. The van der Waals surface area contributed by atoms with Gasteiger partial charge in [0.2, 0.25) is 5.76 Å². The summed E-state index contributed by atoms with van der Waals surface area (Å²) in [7, 11) is 1.48. The number of benzene rings is 2. The first kappa shape index (κ1) is 22.9. The van der Waals surface area contributed by atoms with Crippen LogP contribution in [0.15, 0.2) is 51.9 Å². The predicted molar refractivity (Wildman–Crippen MR) is 122 cm³/mol. The Morgan fingerprint density at radius 3 is 2.78 bits per heavy atom. The summed E-state index contributed by atoms with van der Waals surface area (Å²) in [5, 5.41) is 17.6. The number of anilines is 1. The molecular weight excluding hydrogens is 434 g/mol. The van der Waals surface area contributed by atoms with Gasteiger partial charge in [-0.15, -0.1) is 11.8 Å². The maximum absolute atomic E-state index is 12.2. The maximum atomic E-state index is 12.2. The highest BCUT2D eigenvalue weighted by molar-refractivity contribution is 7.98. The number of hydrogen-bond donors (Lipinski definition) is 1. The van der Waals surface area contributed by atoms with Crippen LogP contribution >= 0.6 is 11.8 Å². The van der Waals surface area contributed by atoms with E-state index in [9.17, 15) is 14.9 Å². The number of rotatable bonds is 9. The molecule has 0 saturated heterocycles. The van der Waals surface area contributed by atoms with Crippen molar-refractivity contribution in [1.29, 1.82) is 0 Å². The van der Waals surface area contributed by atoms with Gasteiger partial charge in [0.1, 0.15) is 0 Å². The number of aryl methyl sites for hydroxylation is 1. The molecule has 0 saturated carbocycles. The monoisotopic (exact) mass is 455 g/mol. The Bertz CT molecular complexity index is 1160. The smallest absolute Gasteiger partial charge is 0.338 e. The molecule has 1 heterocycles. The number of thioether (sulfide) groups is 1. The number of nitro groups is 1. The normalized spacial score (nSPS) is 10.8. The van der Waals surface area contributed by atoms with Crippen molar-refractivity contribution in [2.24, 2.45) is 0 Å². The molecule has 0 radical (unpaired) electrons. The van der Waals surface area contributed by atoms with Crippen LogP contribution in [0, 0.1) is 17.0 Å². The summed E-state index contributed by atoms with van der Waals surface area (Å²) in [6.07, 6.45) is 5.05. The van der Waals surface area contributed by atoms with Crippen molar-refractivity contribution in [2.45, 2.75) is 11.8 Å². The van der Waals surface area contributed by atoms with Crippen molar-refractivity contribution in [2.75, 3.05) is 25.3 Å². The van der Waals surface area contributed by atoms with Gasteiger partial charge in [0.15, 0.2) is 23.8 Å². The minimum atomic E-state index is -0.536. The summed E-state index contributed by atoms with van der Waals surface area (Å²) < 4.78 is 16.0. The molecule has 0 aliphatic rings. The standard InChI is InChI=1S/C22H21N3O6S/c1-14-22(25(27)28)19(31-24-14)10-8-15-7-9-18(20(11-15)29-2)30-13-21(26)23-16-5-4-6-17(12-16)32-3/h4-12H,13H2,1-3H3,(H,23,26)/b10-8+. The third-order valence-electron chi connectivity index (χ3n) is 4.37. The number of carbonyl (C=O) groups excluding carboxylic acids is 1. The first-order valence-electron chi connectivity index (χ1n) is 9.44. The highest BCUT2D eigenvalue weighted by Crippen LogP contribution is 2.30. The summed E-state index contributed by atoms with van der Waals surface area (Å²) in [5.74, 6) is 0.544. The van der Waals surface area contributed by atoms with Crippen LogP contribution in [0.1, 0.15) is 17.0 Å². The van der Waals surface area contributed by atoms with Gasteiger partial charge < -0.3 is 19.3 Å². The molecule has 0 bridgehead atoms. The Balaban J connectivity index is 1.66. The van der Waals surface area contributed by atoms with Crippen LogP contribution in [-0.2, 0) is 4.79 Å².